The van der Waals surface area contributed by atoms with Crippen LogP contribution < -0.4 is 5.32 Å². The summed E-state index contributed by atoms with van der Waals surface area (Å²) in [6.07, 6.45) is 2.30. The minimum absolute atomic E-state index is 0.454. The Balaban J connectivity index is 2.53. The smallest absolute Gasteiger partial charge is 0.0319 e. The number of rotatable bonds is 7. The third-order valence-corrected chi connectivity index (χ3v) is 3.70. The van der Waals surface area contributed by atoms with Gasteiger partial charge in [0, 0.05) is 16.6 Å². The molecule has 0 aromatic heterocycles. The largest absolute Gasteiger partial charge is 0.309 e. The zero-order valence-corrected chi connectivity index (χ0v) is 13.5. The molecule has 2 atom stereocenters. The van der Waals surface area contributed by atoms with Crippen molar-refractivity contribution >= 4 is 15.9 Å². The highest BCUT2D eigenvalue weighted by atomic mass is 79.9. The third-order valence-electron chi connectivity index (χ3n) is 3.18. The van der Waals surface area contributed by atoms with Gasteiger partial charge in [0.25, 0.3) is 0 Å². The highest BCUT2D eigenvalue weighted by Gasteiger charge is 2.12. The van der Waals surface area contributed by atoms with E-state index < -0.39 is 0 Å². The Morgan fingerprint density at radius 1 is 1.22 bits per heavy atom. The number of nitrogens with zero attached hydrogens (tertiary/aromatic N) is 1. The monoisotopic (exact) mass is 312 g/mol. The molecule has 0 aliphatic carbocycles. The lowest BCUT2D eigenvalue weighted by Gasteiger charge is -2.24. The molecule has 0 fully saturated rings. The summed E-state index contributed by atoms with van der Waals surface area (Å²) in [6.45, 7) is 5.63. The van der Waals surface area contributed by atoms with Crippen LogP contribution in [0, 0.1) is 0 Å². The van der Waals surface area contributed by atoms with Crippen molar-refractivity contribution < 1.29 is 0 Å². The maximum absolute atomic E-state index is 3.72. The average Bonchev–Trinajstić information content (AvgIpc) is 2.34. The predicted octanol–water partition coefficient (Wildman–Crippen LogP) is 3.83. The fourth-order valence-electron chi connectivity index (χ4n) is 2.02. The summed E-state index contributed by atoms with van der Waals surface area (Å²) < 4.78 is 1.14. The summed E-state index contributed by atoms with van der Waals surface area (Å²) in [5, 5.41) is 3.72. The first-order chi connectivity index (χ1) is 8.52. The van der Waals surface area contributed by atoms with E-state index in [0.717, 1.165) is 17.4 Å². The van der Waals surface area contributed by atoms with E-state index in [0.29, 0.717) is 12.1 Å². The Bertz CT molecular complexity index is 335. The second-order valence-corrected chi connectivity index (χ2v) is 6.09. The first-order valence-corrected chi connectivity index (χ1v) is 7.48. The standard InChI is InChI=1S/C15H25BrN2/c1-5-15(13-6-8-14(16)9-7-13)17-12(2)10-11-18(3)4/h6-9,12,15,17H,5,10-11H2,1-4H3. The van der Waals surface area contributed by atoms with Gasteiger partial charge < -0.3 is 10.2 Å². The molecule has 0 saturated carbocycles. The van der Waals surface area contributed by atoms with Crippen molar-refractivity contribution in [3.05, 3.63) is 34.3 Å². The molecule has 1 aromatic carbocycles. The van der Waals surface area contributed by atoms with Crippen LogP contribution in [0.3, 0.4) is 0 Å². The molecule has 0 amide bonds. The second kappa shape index (κ2) is 7.93. The second-order valence-electron chi connectivity index (χ2n) is 5.17. The van der Waals surface area contributed by atoms with E-state index in [1.54, 1.807) is 0 Å². The lowest BCUT2D eigenvalue weighted by atomic mass is 10.0. The Hall–Kier alpha value is -0.380. The van der Waals surface area contributed by atoms with E-state index >= 15 is 0 Å². The highest BCUT2D eigenvalue weighted by Crippen LogP contribution is 2.20. The summed E-state index contributed by atoms with van der Waals surface area (Å²) in [7, 11) is 4.25. The maximum atomic E-state index is 3.72. The summed E-state index contributed by atoms with van der Waals surface area (Å²) in [6, 6.07) is 9.62. The predicted molar refractivity (Wildman–Crippen MR) is 82.9 cm³/mol. The molecule has 1 N–H and O–H groups in total. The maximum Gasteiger partial charge on any atom is 0.0319 e. The van der Waals surface area contributed by atoms with Crippen molar-refractivity contribution in [2.45, 2.75) is 38.8 Å². The molecule has 1 rings (SSSR count). The molecule has 0 heterocycles. The molecule has 18 heavy (non-hydrogen) atoms. The molecule has 0 radical (unpaired) electrons. The number of hydrogen-bond acceptors (Lipinski definition) is 2. The molecule has 0 spiro atoms. The first kappa shape index (κ1) is 15.7. The first-order valence-electron chi connectivity index (χ1n) is 6.69. The fourth-order valence-corrected chi connectivity index (χ4v) is 2.29. The zero-order chi connectivity index (χ0) is 13.5. The summed E-state index contributed by atoms with van der Waals surface area (Å²) in [4.78, 5) is 2.23. The Kier molecular flexibility index (Phi) is 6.90. The van der Waals surface area contributed by atoms with Crippen molar-refractivity contribution in [1.29, 1.82) is 0 Å². The SMILES string of the molecule is CCC(NC(C)CCN(C)C)c1ccc(Br)cc1. The molecule has 0 aliphatic heterocycles. The van der Waals surface area contributed by atoms with E-state index in [2.05, 4.69) is 78.4 Å². The van der Waals surface area contributed by atoms with Crippen LogP contribution in [-0.2, 0) is 0 Å². The van der Waals surface area contributed by atoms with Gasteiger partial charge in [-0.2, -0.15) is 0 Å². The molecular formula is C15H25BrN2. The van der Waals surface area contributed by atoms with Crippen LogP contribution in [0.25, 0.3) is 0 Å². The summed E-state index contributed by atoms with van der Waals surface area (Å²) >= 11 is 3.48. The lowest BCUT2D eigenvalue weighted by Crippen LogP contribution is -2.32. The van der Waals surface area contributed by atoms with E-state index in [1.165, 1.54) is 12.0 Å². The van der Waals surface area contributed by atoms with Gasteiger partial charge in [0.1, 0.15) is 0 Å². The molecule has 102 valence electrons. The molecule has 2 nitrogen and oxygen atoms in total. The molecular weight excluding hydrogens is 288 g/mol. The summed E-state index contributed by atoms with van der Waals surface area (Å²) in [5.41, 5.74) is 1.37. The Labute approximate surface area is 120 Å². The Morgan fingerprint density at radius 3 is 2.33 bits per heavy atom. The quantitative estimate of drug-likeness (QED) is 0.823. The third kappa shape index (κ3) is 5.51. The van der Waals surface area contributed by atoms with Gasteiger partial charge in [-0.05, 0) is 58.1 Å². The highest BCUT2D eigenvalue weighted by molar-refractivity contribution is 9.10. The molecule has 2 unspecified atom stereocenters. The van der Waals surface area contributed by atoms with Crippen LogP contribution in [0.4, 0.5) is 0 Å². The van der Waals surface area contributed by atoms with Gasteiger partial charge in [-0.3, -0.25) is 0 Å². The van der Waals surface area contributed by atoms with Crippen molar-refractivity contribution in [3.63, 3.8) is 0 Å². The fraction of sp³-hybridized carbons (Fsp3) is 0.600. The Morgan fingerprint density at radius 2 is 1.83 bits per heavy atom. The molecule has 1 aromatic rings. The molecule has 0 aliphatic rings. The van der Waals surface area contributed by atoms with E-state index in [4.69, 9.17) is 0 Å². The van der Waals surface area contributed by atoms with E-state index in [9.17, 15) is 0 Å². The molecule has 3 heteroatoms. The van der Waals surface area contributed by atoms with Crippen molar-refractivity contribution in [3.8, 4) is 0 Å². The van der Waals surface area contributed by atoms with E-state index in [-0.39, 0.29) is 0 Å². The normalized spacial score (nSPS) is 14.8. The number of halogens is 1. The van der Waals surface area contributed by atoms with Gasteiger partial charge in [0.2, 0.25) is 0 Å². The van der Waals surface area contributed by atoms with Crippen LogP contribution in [0.15, 0.2) is 28.7 Å². The van der Waals surface area contributed by atoms with Gasteiger partial charge in [-0.15, -0.1) is 0 Å². The van der Waals surface area contributed by atoms with Crippen LogP contribution in [0.2, 0.25) is 0 Å². The van der Waals surface area contributed by atoms with Gasteiger partial charge in [0.05, 0.1) is 0 Å². The van der Waals surface area contributed by atoms with Gasteiger partial charge in [0.15, 0.2) is 0 Å². The molecule has 0 bridgehead atoms. The minimum atomic E-state index is 0.454. The topological polar surface area (TPSA) is 15.3 Å². The van der Waals surface area contributed by atoms with E-state index in [1.807, 2.05) is 0 Å². The van der Waals surface area contributed by atoms with Crippen molar-refractivity contribution in [1.82, 2.24) is 10.2 Å². The van der Waals surface area contributed by atoms with Gasteiger partial charge in [-0.1, -0.05) is 35.0 Å². The van der Waals surface area contributed by atoms with Crippen LogP contribution in [-0.4, -0.2) is 31.6 Å². The number of hydrogen-bond donors (Lipinski definition) is 1. The van der Waals surface area contributed by atoms with Crippen molar-refractivity contribution in [2.24, 2.45) is 0 Å². The zero-order valence-electron chi connectivity index (χ0n) is 11.9. The minimum Gasteiger partial charge on any atom is -0.309 e. The van der Waals surface area contributed by atoms with Crippen LogP contribution in [0.5, 0.6) is 0 Å². The number of benzene rings is 1. The molecule has 0 saturated heterocycles. The average molecular weight is 313 g/mol. The van der Waals surface area contributed by atoms with Gasteiger partial charge in [-0.25, -0.2) is 0 Å². The lowest BCUT2D eigenvalue weighted by molar-refractivity contribution is 0.347. The van der Waals surface area contributed by atoms with Crippen LogP contribution in [0.1, 0.15) is 38.3 Å². The number of nitrogens with one attached hydrogen (secondary N) is 1. The van der Waals surface area contributed by atoms with Crippen LogP contribution >= 0.6 is 15.9 Å². The van der Waals surface area contributed by atoms with Crippen molar-refractivity contribution in [2.75, 3.05) is 20.6 Å². The van der Waals surface area contributed by atoms with Gasteiger partial charge >= 0.3 is 0 Å². The summed E-state index contributed by atoms with van der Waals surface area (Å²) in [5.74, 6) is 0.